The lowest BCUT2D eigenvalue weighted by Crippen LogP contribution is -2.32. The summed E-state index contributed by atoms with van der Waals surface area (Å²) in [7, 11) is 0. The quantitative estimate of drug-likeness (QED) is 0.917. The second kappa shape index (κ2) is 7.27. The number of fused-ring (bicyclic) bond motifs is 1. The summed E-state index contributed by atoms with van der Waals surface area (Å²) in [5.74, 6) is 0.644. The van der Waals surface area contributed by atoms with Gasteiger partial charge in [-0.1, -0.05) is 0 Å². The molecule has 24 heavy (non-hydrogen) atoms. The van der Waals surface area contributed by atoms with Gasteiger partial charge in [-0.25, -0.2) is 4.98 Å². The van der Waals surface area contributed by atoms with Crippen molar-refractivity contribution in [2.75, 3.05) is 6.54 Å². The van der Waals surface area contributed by atoms with Gasteiger partial charge in [0.2, 0.25) is 0 Å². The van der Waals surface area contributed by atoms with Crippen molar-refractivity contribution < 1.29 is 4.79 Å². The molecule has 1 aliphatic rings. The van der Waals surface area contributed by atoms with Crippen molar-refractivity contribution in [1.29, 1.82) is 0 Å². The van der Waals surface area contributed by atoms with Gasteiger partial charge in [-0.05, 0) is 31.7 Å². The van der Waals surface area contributed by atoms with Crippen LogP contribution in [-0.4, -0.2) is 32.9 Å². The lowest BCUT2D eigenvalue weighted by atomic mass is 10.3. The molecule has 2 aromatic rings. The lowest BCUT2D eigenvalue weighted by Gasteiger charge is -2.23. The molecule has 1 aliphatic heterocycles. The highest BCUT2D eigenvalue weighted by molar-refractivity contribution is 7.08. The SMILES string of the molecule is CC(C)N1CCCn2c(nc(CNC(=O)c3ccsc3)cc2=O)C1. The molecule has 0 fully saturated rings. The fourth-order valence-corrected chi connectivity index (χ4v) is 3.49. The van der Waals surface area contributed by atoms with Gasteiger partial charge in [0.1, 0.15) is 5.82 Å². The summed E-state index contributed by atoms with van der Waals surface area (Å²) in [6.45, 7) is 6.90. The molecule has 6 nitrogen and oxygen atoms in total. The Hall–Kier alpha value is -1.99. The summed E-state index contributed by atoms with van der Waals surface area (Å²) in [5.41, 5.74) is 1.21. The molecular formula is C17H22N4O2S. The highest BCUT2D eigenvalue weighted by Crippen LogP contribution is 2.12. The molecule has 0 unspecified atom stereocenters. The number of aromatic nitrogens is 2. The molecule has 3 heterocycles. The first-order chi connectivity index (χ1) is 11.5. The van der Waals surface area contributed by atoms with Crippen LogP contribution in [-0.2, 0) is 19.6 Å². The highest BCUT2D eigenvalue weighted by Gasteiger charge is 2.19. The van der Waals surface area contributed by atoms with Crippen molar-refractivity contribution in [2.45, 2.75) is 45.9 Å². The molecule has 0 saturated heterocycles. The standard InChI is InChI=1S/C17H22N4O2S/c1-12(2)20-5-3-6-21-15(10-20)19-14(8-16(21)22)9-18-17(23)13-4-7-24-11-13/h4,7-8,11-12H,3,5-6,9-10H2,1-2H3,(H,18,23). The number of rotatable bonds is 4. The fourth-order valence-electron chi connectivity index (χ4n) is 2.86. The van der Waals surface area contributed by atoms with E-state index in [4.69, 9.17) is 0 Å². The third kappa shape index (κ3) is 3.73. The summed E-state index contributed by atoms with van der Waals surface area (Å²) >= 11 is 1.48. The topological polar surface area (TPSA) is 67.2 Å². The van der Waals surface area contributed by atoms with Crippen LogP contribution in [0.1, 0.15) is 42.1 Å². The number of nitrogens with one attached hydrogen (secondary N) is 1. The Balaban J connectivity index is 1.77. The van der Waals surface area contributed by atoms with Crippen molar-refractivity contribution in [3.05, 3.63) is 50.3 Å². The van der Waals surface area contributed by atoms with Crippen LogP contribution in [0.5, 0.6) is 0 Å². The monoisotopic (exact) mass is 346 g/mol. The number of thiophene rings is 1. The number of amides is 1. The molecule has 1 amide bonds. The zero-order valence-electron chi connectivity index (χ0n) is 14.0. The maximum atomic E-state index is 12.4. The molecule has 128 valence electrons. The normalized spacial score (nSPS) is 15.1. The summed E-state index contributed by atoms with van der Waals surface area (Å²) in [4.78, 5) is 31.4. The molecule has 0 aliphatic carbocycles. The Morgan fingerprint density at radius 2 is 2.25 bits per heavy atom. The second-order valence-electron chi connectivity index (χ2n) is 6.27. The number of hydrogen-bond donors (Lipinski definition) is 1. The van der Waals surface area contributed by atoms with Crippen molar-refractivity contribution in [3.8, 4) is 0 Å². The van der Waals surface area contributed by atoms with E-state index in [0.29, 0.717) is 30.4 Å². The largest absolute Gasteiger partial charge is 0.346 e. The molecule has 3 rings (SSSR count). The summed E-state index contributed by atoms with van der Waals surface area (Å²) < 4.78 is 1.76. The van der Waals surface area contributed by atoms with E-state index in [-0.39, 0.29) is 18.0 Å². The Morgan fingerprint density at radius 1 is 1.42 bits per heavy atom. The van der Waals surface area contributed by atoms with Crippen LogP contribution in [0.25, 0.3) is 0 Å². The molecule has 0 saturated carbocycles. The Morgan fingerprint density at radius 3 is 2.96 bits per heavy atom. The van der Waals surface area contributed by atoms with Gasteiger partial charge in [-0.2, -0.15) is 11.3 Å². The Kier molecular flexibility index (Phi) is 5.11. The summed E-state index contributed by atoms with van der Waals surface area (Å²) in [6.07, 6.45) is 0.945. The minimum atomic E-state index is -0.142. The average Bonchev–Trinajstić information content (AvgIpc) is 2.99. The van der Waals surface area contributed by atoms with Crippen LogP contribution < -0.4 is 10.9 Å². The van der Waals surface area contributed by atoms with Gasteiger partial charge < -0.3 is 5.32 Å². The van der Waals surface area contributed by atoms with E-state index < -0.39 is 0 Å². The van der Waals surface area contributed by atoms with Crippen LogP contribution in [0.4, 0.5) is 0 Å². The first-order valence-corrected chi connectivity index (χ1v) is 9.13. The van der Waals surface area contributed by atoms with E-state index in [0.717, 1.165) is 18.8 Å². The van der Waals surface area contributed by atoms with Crippen LogP contribution in [0.2, 0.25) is 0 Å². The van der Waals surface area contributed by atoms with Gasteiger partial charge in [-0.3, -0.25) is 19.1 Å². The van der Waals surface area contributed by atoms with Crippen molar-refractivity contribution in [1.82, 2.24) is 19.8 Å². The van der Waals surface area contributed by atoms with E-state index >= 15 is 0 Å². The van der Waals surface area contributed by atoms with E-state index in [2.05, 4.69) is 29.0 Å². The van der Waals surface area contributed by atoms with Gasteiger partial charge in [0.25, 0.3) is 11.5 Å². The van der Waals surface area contributed by atoms with Crippen LogP contribution in [0.15, 0.2) is 27.7 Å². The van der Waals surface area contributed by atoms with Crippen molar-refractivity contribution >= 4 is 17.2 Å². The Labute approximate surface area is 145 Å². The van der Waals surface area contributed by atoms with Crippen LogP contribution >= 0.6 is 11.3 Å². The molecule has 7 heteroatoms. The number of nitrogens with zero attached hydrogens (tertiary/aromatic N) is 3. The highest BCUT2D eigenvalue weighted by atomic mass is 32.1. The molecule has 0 spiro atoms. The predicted octanol–water partition coefficient (Wildman–Crippen LogP) is 1.85. The summed E-state index contributed by atoms with van der Waals surface area (Å²) in [6, 6.07) is 3.72. The van der Waals surface area contributed by atoms with Gasteiger partial charge in [0, 0.05) is 36.1 Å². The zero-order chi connectivity index (χ0) is 17.1. The third-order valence-corrected chi connectivity index (χ3v) is 4.94. The van der Waals surface area contributed by atoms with Gasteiger partial charge in [-0.15, -0.1) is 0 Å². The first-order valence-electron chi connectivity index (χ1n) is 8.18. The second-order valence-corrected chi connectivity index (χ2v) is 7.05. The van der Waals surface area contributed by atoms with Crippen LogP contribution in [0.3, 0.4) is 0 Å². The molecule has 1 N–H and O–H groups in total. The van der Waals surface area contributed by atoms with Gasteiger partial charge in [0.05, 0.1) is 18.8 Å². The molecule has 0 radical (unpaired) electrons. The zero-order valence-corrected chi connectivity index (χ0v) is 14.8. The van der Waals surface area contributed by atoms with Crippen molar-refractivity contribution in [2.24, 2.45) is 0 Å². The Bertz CT molecular complexity index is 767. The molecular weight excluding hydrogens is 324 g/mol. The van der Waals surface area contributed by atoms with Crippen molar-refractivity contribution in [3.63, 3.8) is 0 Å². The third-order valence-electron chi connectivity index (χ3n) is 4.26. The number of hydrogen-bond acceptors (Lipinski definition) is 5. The number of carbonyl (C=O) groups excluding carboxylic acids is 1. The molecule has 2 aromatic heterocycles. The summed E-state index contributed by atoms with van der Waals surface area (Å²) in [5, 5.41) is 6.49. The van der Waals surface area contributed by atoms with E-state index in [1.54, 1.807) is 16.0 Å². The molecule has 0 bridgehead atoms. The first kappa shape index (κ1) is 16.9. The maximum Gasteiger partial charge on any atom is 0.253 e. The lowest BCUT2D eigenvalue weighted by molar-refractivity contribution is 0.0950. The minimum absolute atomic E-state index is 0.0367. The van der Waals surface area contributed by atoms with Gasteiger partial charge >= 0.3 is 0 Å². The average molecular weight is 346 g/mol. The van der Waals surface area contributed by atoms with E-state index in [9.17, 15) is 9.59 Å². The predicted molar refractivity (Wildman–Crippen MR) is 94.1 cm³/mol. The fraction of sp³-hybridized carbons (Fsp3) is 0.471. The molecule has 0 atom stereocenters. The van der Waals surface area contributed by atoms with Gasteiger partial charge in [0.15, 0.2) is 0 Å². The molecule has 0 aromatic carbocycles. The van der Waals surface area contributed by atoms with Crippen LogP contribution in [0, 0.1) is 0 Å². The maximum absolute atomic E-state index is 12.4. The smallest absolute Gasteiger partial charge is 0.253 e. The minimum Gasteiger partial charge on any atom is -0.346 e. The number of carbonyl (C=O) groups is 1. The van der Waals surface area contributed by atoms with E-state index in [1.807, 2.05) is 5.38 Å². The van der Waals surface area contributed by atoms with E-state index in [1.165, 1.54) is 17.4 Å².